The highest BCUT2D eigenvalue weighted by Crippen LogP contribution is 2.31. The number of rotatable bonds is 6. The van der Waals surface area contributed by atoms with Gasteiger partial charge in [0.1, 0.15) is 17.1 Å². The molecular formula is C22H25ClN4O. The number of hydrogen-bond donors (Lipinski definition) is 0. The molecule has 0 atom stereocenters. The Kier molecular flexibility index (Phi) is 6.15. The molecule has 5 nitrogen and oxygen atoms in total. The van der Waals surface area contributed by atoms with Gasteiger partial charge >= 0.3 is 0 Å². The van der Waals surface area contributed by atoms with Crippen LogP contribution in [0.1, 0.15) is 27.7 Å². The van der Waals surface area contributed by atoms with Crippen molar-refractivity contribution < 1.29 is 4.74 Å². The Morgan fingerprint density at radius 3 is 1.86 bits per heavy atom. The number of aromatic nitrogens is 3. The Morgan fingerprint density at radius 1 is 0.786 bits per heavy atom. The summed E-state index contributed by atoms with van der Waals surface area (Å²) in [5.74, 6) is 0.783. The molecule has 0 aliphatic carbocycles. The average Bonchev–Trinajstić information content (AvgIpc) is 2.68. The number of methoxy groups -OCH3 is 1. The van der Waals surface area contributed by atoms with Crippen molar-refractivity contribution in [1.82, 2.24) is 15.2 Å². The third-order valence-electron chi connectivity index (χ3n) is 4.58. The lowest BCUT2D eigenvalue weighted by Crippen LogP contribution is -2.36. The summed E-state index contributed by atoms with van der Waals surface area (Å²) < 4.78 is 5.24. The molecule has 3 rings (SSSR count). The number of ether oxygens (including phenoxy) is 1. The Morgan fingerprint density at radius 2 is 1.32 bits per heavy atom. The minimum Gasteiger partial charge on any atom is -0.497 e. The molecule has 0 radical (unpaired) electrons. The molecule has 0 aliphatic heterocycles. The topological polar surface area (TPSA) is 51.1 Å². The van der Waals surface area contributed by atoms with Crippen molar-refractivity contribution in [3.63, 3.8) is 0 Å². The van der Waals surface area contributed by atoms with Gasteiger partial charge in [0, 0.05) is 28.9 Å². The zero-order valence-electron chi connectivity index (χ0n) is 16.8. The minimum atomic E-state index is 0.122. The van der Waals surface area contributed by atoms with Gasteiger partial charge in [0.2, 0.25) is 5.28 Å². The van der Waals surface area contributed by atoms with Gasteiger partial charge < -0.3 is 9.64 Å². The van der Waals surface area contributed by atoms with E-state index in [1.54, 1.807) is 7.11 Å². The van der Waals surface area contributed by atoms with Gasteiger partial charge in [-0.1, -0.05) is 12.1 Å². The number of hydrogen-bond acceptors (Lipinski definition) is 5. The molecule has 3 aromatic rings. The fraction of sp³-hybridized carbons (Fsp3) is 0.318. The van der Waals surface area contributed by atoms with Crippen molar-refractivity contribution in [2.75, 3.05) is 12.0 Å². The summed E-state index contributed by atoms with van der Waals surface area (Å²) >= 11 is 6.03. The Hall–Kier alpha value is -2.66. The smallest absolute Gasteiger partial charge is 0.243 e. The van der Waals surface area contributed by atoms with Gasteiger partial charge in [-0.15, -0.1) is 10.2 Å². The molecule has 0 unspecified atom stereocenters. The first kappa shape index (κ1) is 20.1. The van der Waals surface area contributed by atoms with Crippen LogP contribution >= 0.6 is 11.6 Å². The van der Waals surface area contributed by atoms with Crippen molar-refractivity contribution in [2.45, 2.75) is 39.8 Å². The van der Waals surface area contributed by atoms with Crippen LogP contribution in [0.3, 0.4) is 0 Å². The van der Waals surface area contributed by atoms with Crippen LogP contribution in [0.5, 0.6) is 5.75 Å². The fourth-order valence-corrected chi connectivity index (χ4v) is 3.56. The average molecular weight is 397 g/mol. The molecule has 2 aromatic carbocycles. The predicted molar refractivity (Wildman–Crippen MR) is 115 cm³/mol. The number of nitrogens with zero attached hydrogens (tertiary/aromatic N) is 4. The number of anilines is 1. The van der Waals surface area contributed by atoms with Crippen LogP contribution in [0.2, 0.25) is 5.28 Å². The first-order valence-electron chi connectivity index (χ1n) is 9.34. The summed E-state index contributed by atoms with van der Waals surface area (Å²) in [5, 5.41) is 8.40. The van der Waals surface area contributed by atoms with E-state index in [1.165, 1.54) is 5.69 Å². The standard InChI is InChI=1S/C22H25ClN4O/c1-14(2)27(15(3)4)18-10-6-17(7-11-18)21-20(24-22(23)26-25-21)16-8-12-19(28-5)13-9-16/h6-15H,1-5H3. The van der Waals surface area contributed by atoms with Crippen LogP contribution in [0, 0.1) is 0 Å². The second kappa shape index (κ2) is 8.57. The molecule has 146 valence electrons. The molecule has 0 amide bonds. The normalized spacial score (nSPS) is 11.1. The molecule has 0 saturated carbocycles. The van der Waals surface area contributed by atoms with Gasteiger partial charge in [-0.25, -0.2) is 4.98 Å². The Bertz CT molecular complexity index is 916. The zero-order chi connectivity index (χ0) is 20.3. The molecule has 0 aliphatic rings. The molecule has 0 N–H and O–H groups in total. The fourth-order valence-electron chi connectivity index (χ4n) is 3.43. The molecule has 0 saturated heterocycles. The van der Waals surface area contributed by atoms with Crippen molar-refractivity contribution in [2.24, 2.45) is 0 Å². The zero-order valence-corrected chi connectivity index (χ0v) is 17.6. The molecular weight excluding hydrogens is 372 g/mol. The van der Waals surface area contributed by atoms with Gasteiger partial charge in [-0.2, -0.15) is 0 Å². The van der Waals surface area contributed by atoms with Crippen LogP contribution in [0.15, 0.2) is 48.5 Å². The maximum Gasteiger partial charge on any atom is 0.243 e. The highest BCUT2D eigenvalue weighted by atomic mass is 35.5. The first-order chi connectivity index (χ1) is 13.4. The van der Waals surface area contributed by atoms with Gasteiger partial charge in [0.15, 0.2) is 0 Å². The second-order valence-corrected chi connectivity index (χ2v) is 7.49. The van der Waals surface area contributed by atoms with Crippen LogP contribution in [-0.4, -0.2) is 34.4 Å². The van der Waals surface area contributed by atoms with E-state index < -0.39 is 0 Å². The maximum atomic E-state index is 6.03. The van der Waals surface area contributed by atoms with E-state index in [1.807, 2.05) is 24.3 Å². The van der Waals surface area contributed by atoms with E-state index in [2.05, 4.69) is 72.0 Å². The number of halogens is 1. The van der Waals surface area contributed by atoms with E-state index >= 15 is 0 Å². The molecule has 0 fully saturated rings. The molecule has 0 bridgehead atoms. The van der Waals surface area contributed by atoms with E-state index in [9.17, 15) is 0 Å². The summed E-state index contributed by atoms with van der Waals surface area (Å²) in [5.41, 5.74) is 4.41. The lowest BCUT2D eigenvalue weighted by atomic mass is 10.0. The van der Waals surface area contributed by atoms with E-state index in [0.29, 0.717) is 23.5 Å². The molecule has 1 heterocycles. The van der Waals surface area contributed by atoms with Crippen LogP contribution < -0.4 is 9.64 Å². The van der Waals surface area contributed by atoms with E-state index in [0.717, 1.165) is 16.9 Å². The third kappa shape index (κ3) is 4.25. The van der Waals surface area contributed by atoms with Crippen molar-refractivity contribution in [3.8, 4) is 28.3 Å². The van der Waals surface area contributed by atoms with Gasteiger partial charge in [-0.05, 0) is 75.7 Å². The summed E-state index contributed by atoms with van der Waals surface area (Å²) in [7, 11) is 1.64. The van der Waals surface area contributed by atoms with Crippen LogP contribution in [0.25, 0.3) is 22.5 Å². The Balaban J connectivity index is 2.02. The van der Waals surface area contributed by atoms with E-state index in [4.69, 9.17) is 16.3 Å². The monoisotopic (exact) mass is 396 g/mol. The highest BCUT2D eigenvalue weighted by molar-refractivity contribution is 6.28. The molecule has 1 aromatic heterocycles. The molecule has 0 spiro atoms. The second-order valence-electron chi connectivity index (χ2n) is 7.15. The first-order valence-corrected chi connectivity index (χ1v) is 9.72. The van der Waals surface area contributed by atoms with Crippen LogP contribution in [-0.2, 0) is 0 Å². The maximum absolute atomic E-state index is 6.03. The summed E-state index contributed by atoms with van der Waals surface area (Å²) in [6.07, 6.45) is 0. The van der Waals surface area contributed by atoms with Crippen molar-refractivity contribution in [3.05, 3.63) is 53.8 Å². The summed E-state index contributed by atoms with van der Waals surface area (Å²) in [4.78, 5) is 6.80. The largest absolute Gasteiger partial charge is 0.497 e. The summed E-state index contributed by atoms with van der Waals surface area (Å²) in [6.45, 7) is 8.79. The minimum absolute atomic E-state index is 0.122. The van der Waals surface area contributed by atoms with Gasteiger partial charge in [0.25, 0.3) is 0 Å². The van der Waals surface area contributed by atoms with Gasteiger partial charge in [0.05, 0.1) is 7.11 Å². The molecule has 6 heteroatoms. The lowest BCUT2D eigenvalue weighted by Gasteiger charge is -2.33. The quantitative estimate of drug-likeness (QED) is 0.551. The van der Waals surface area contributed by atoms with Crippen LogP contribution in [0.4, 0.5) is 5.69 Å². The lowest BCUT2D eigenvalue weighted by molar-refractivity contribution is 0.415. The summed E-state index contributed by atoms with van der Waals surface area (Å²) in [6, 6.07) is 16.8. The number of benzene rings is 2. The third-order valence-corrected chi connectivity index (χ3v) is 4.74. The van der Waals surface area contributed by atoms with Crippen molar-refractivity contribution >= 4 is 17.3 Å². The van der Waals surface area contributed by atoms with Gasteiger partial charge in [-0.3, -0.25) is 0 Å². The molecule has 28 heavy (non-hydrogen) atoms. The van der Waals surface area contributed by atoms with Crippen molar-refractivity contribution in [1.29, 1.82) is 0 Å². The van der Waals surface area contributed by atoms with E-state index in [-0.39, 0.29) is 5.28 Å². The SMILES string of the molecule is COc1ccc(-c2nc(Cl)nnc2-c2ccc(N(C(C)C)C(C)C)cc2)cc1. The predicted octanol–water partition coefficient (Wildman–Crippen LogP) is 5.49. The Labute approximate surface area is 171 Å². The highest BCUT2D eigenvalue weighted by Gasteiger charge is 2.16.